The highest BCUT2D eigenvalue weighted by Crippen LogP contribution is 2.34. The van der Waals surface area contributed by atoms with Crippen molar-refractivity contribution in [2.24, 2.45) is 0 Å². The van der Waals surface area contributed by atoms with Crippen LogP contribution in [-0.2, 0) is 24.8 Å². The molecule has 2 aromatic rings. The van der Waals surface area contributed by atoms with Crippen LogP contribution in [0.25, 0.3) is 0 Å². The standard InChI is InChI=1S/C19H21ClN2O5S2/c1-11-7-12(2)18(16(20)8-11)21-29(26,27)19-13(3)9-15(10-14(19)4)22-17(23)5-6-28(22,24)25/h7-10,21H,5-6H2,1-4H3. The molecule has 0 saturated carbocycles. The van der Waals surface area contributed by atoms with E-state index in [0.29, 0.717) is 16.7 Å². The molecule has 1 aliphatic heterocycles. The number of benzene rings is 2. The number of carbonyl (C=O) groups excluding carboxylic acids is 1. The first-order valence-corrected chi connectivity index (χ1v) is 12.3. The average molecular weight is 457 g/mol. The summed E-state index contributed by atoms with van der Waals surface area (Å²) in [5.41, 5.74) is 2.66. The normalized spacial score (nSPS) is 16.3. The van der Waals surface area contributed by atoms with Gasteiger partial charge >= 0.3 is 0 Å². The first kappa shape index (κ1) is 21.6. The fraction of sp³-hybridized carbons (Fsp3) is 0.316. The SMILES string of the molecule is Cc1cc(C)c(NS(=O)(=O)c2c(C)cc(N3C(=O)CCS3(=O)=O)cc2C)c(Cl)c1. The molecule has 1 amide bonds. The summed E-state index contributed by atoms with van der Waals surface area (Å²) >= 11 is 6.23. The Morgan fingerprint density at radius 3 is 2.07 bits per heavy atom. The third-order valence-corrected chi connectivity index (χ3v) is 8.34. The summed E-state index contributed by atoms with van der Waals surface area (Å²) in [6, 6.07) is 6.27. The lowest BCUT2D eigenvalue weighted by molar-refractivity contribution is -0.116. The Hall–Kier alpha value is -2.10. The van der Waals surface area contributed by atoms with Gasteiger partial charge in [0.2, 0.25) is 15.9 Å². The molecule has 0 unspecified atom stereocenters. The lowest BCUT2D eigenvalue weighted by Gasteiger charge is -2.20. The number of hydrogen-bond acceptors (Lipinski definition) is 5. The van der Waals surface area contributed by atoms with Gasteiger partial charge in [0.05, 0.1) is 27.0 Å². The van der Waals surface area contributed by atoms with Crippen molar-refractivity contribution in [3.05, 3.63) is 51.5 Å². The molecule has 29 heavy (non-hydrogen) atoms. The molecule has 1 fully saturated rings. The quantitative estimate of drug-likeness (QED) is 0.759. The number of rotatable bonds is 4. The highest BCUT2D eigenvalue weighted by molar-refractivity contribution is 7.94. The summed E-state index contributed by atoms with van der Waals surface area (Å²) in [5.74, 6) is -0.781. The number of hydrogen-bond donors (Lipinski definition) is 1. The largest absolute Gasteiger partial charge is 0.278 e. The second-order valence-corrected chi connectivity index (χ2v) is 11.1. The van der Waals surface area contributed by atoms with Gasteiger partial charge < -0.3 is 0 Å². The van der Waals surface area contributed by atoms with E-state index >= 15 is 0 Å². The van der Waals surface area contributed by atoms with Crippen LogP contribution in [0, 0.1) is 27.7 Å². The van der Waals surface area contributed by atoms with Crippen LogP contribution < -0.4 is 9.03 Å². The number of nitrogens with one attached hydrogen (secondary N) is 1. The highest BCUT2D eigenvalue weighted by Gasteiger charge is 2.37. The summed E-state index contributed by atoms with van der Waals surface area (Å²) in [4.78, 5) is 12.1. The zero-order valence-corrected chi connectivity index (χ0v) is 18.8. The van der Waals surface area contributed by atoms with Gasteiger partial charge in [0.15, 0.2) is 0 Å². The number of halogens is 1. The average Bonchev–Trinajstić information content (AvgIpc) is 2.83. The molecule has 0 bridgehead atoms. The van der Waals surface area contributed by atoms with Gasteiger partial charge in [-0.2, -0.15) is 0 Å². The molecule has 2 aromatic carbocycles. The molecule has 7 nitrogen and oxygen atoms in total. The van der Waals surface area contributed by atoms with Crippen LogP contribution in [0.15, 0.2) is 29.2 Å². The number of carbonyl (C=O) groups is 1. The van der Waals surface area contributed by atoms with E-state index in [1.54, 1.807) is 26.8 Å². The number of sulfonamides is 2. The van der Waals surface area contributed by atoms with E-state index < -0.39 is 26.0 Å². The van der Waals surface area contributed by atoms with Gasteiger partial charge in [-0.05, 0) is 68.1 Å². The van der Waals surface area contributed by atoms with Gasteiger partial charge in [-0.15, -0.1) is 0 Å². The van der Waals surface area contributed by atoms with Crippen molar-refractivity contribution in [3.63, 3.8) is 0 Å². The number of amides is 1. The van der Waals surface area contributed by atoms with E-state index in [-0.39, 0.29) is 33.5 Å². The zero-order chi connectivity index (χ0) is 21.7. The van der Waals surface area contributed by atoms with Crippen LogP contribution in [-0.4, -0.2) is 28.5 Å². The van der Waals surface area contributed by atoms with Crippen LogP contribution in [0.3, 0.4) is 0 Å². The van der Waals surface area contributed by atoms with Crippen molar-refractivity contribution < 1.29 is 21.6 Å². The second-order valence-electron chi connectivity index (χ2n) is 7.18. The van der Waals surface area contributed by atoms with E-state index in [2.05, 4.69) is 4.72 Å². The summed E-state index contributed by atoms with van der Waals surface area (Å²) < 4.78 is 53.8. The van der Waals surface area contributed by atoms with Gasteiger partial charge in [-0.1, -0.05) is 17.7 Å². The predicted molar refractivity (Wildman–Crippen MR) is 114 cm³/mol. The number of nitrogens with zero attached hydrogens (tertiary/aromatic N) is 1. The summed E-state index contributed by atoms with van der Waals surface area (Å²) in [7, 11) is -7.74. The molecule has 156 valence electrons. The number of aryl methyl sites for hydroxylation is 4. The maximum absolute atomic E-state index is 13.1. The van der Waals surface area contributed by atoms with Gasteiger partial charge in [0.1, 0.15) is 0 Å². The van der Waals surface area contributed by atoms with Crippen molar-refractivity contribution in [2.45, 2.75) is 39.0 Å². The maximum atomic E-state index is 13.1. The molecular weight excluding hydrogens is 436 g/mol. The van der Waals surface area contributed by atoms with E-state index in [9.17, 15) is 21.6 Å². The van der Waals surface area contributed by atoms with Gasteiger partial charge in [-0.25, -0.2) is 21.1 Å². The van der Waals surface area contributed by atoms with E-state index in [1.165, 1.54) is 12.1 Å². The Balaban J connectivity index is 2.07. The molecule has 0 aliphatic carbocycles. The fourth-order valence-corrected chi connectivity index (χ4v) is 7.04. The molecule has 0 radical (unpaired) electrons. The summed E-state index contributed by atoms with van der Waals surface area (Å²) in [5, 5.41) is 0.284. The molecule has 10 heteroatoms. The lowest BCUT2D eigenvalue weighted by atomic mass is 10.1. The molecule has 1 heterocycles. The first-order valence-electron chi connectivity index (χ1n) is 8.80. The van der Waals surface area contributed by atoms with Gasteiger partial charge in [-0.3, -0.25) is 9.52 Å². The van der Waals surface area contributed by atoms with E-state index in [1.807, 2.05) is 13.0 Å². The topological polar surface area (TPSA) is 101 Å². The fourth-order valence-electron chi connectivity index (χ4n) is 3.57. The van der Waals surface area contributed by atoms with Crippen molar-refractivity contribution >= 4 is 48.9 Å². The molecule has 0 atom stereocenters. The summed E-state index contributed by atoms with van der Waals surface area (Å²) in [6.45, 7) is 6.73. The molecule has 1 saturated heterocycles. The molecule has 1 aliphatic rings. The van der Waals surface area contributed by atoms with Gasteiger partial charge in [0.25, 0.3) is 10.0 Å². The van der Waals surface area contributed by atoms with Gasteiger partial charge in [0, 0.05) is 6.42 Å². The summed E-state index contributed by atoms with van der Waals surface area (Å²) in [6.07, 6.45) is -0.0900. The van der Waals surface area contributed by atoms with Crippen LogP contribution in [0.1, 0.15) is 28.7 Å². The highest BCUT2D eigenvalue weighted by atomic mass is 35.5. The number of anilines is 2. The Bertz CT molecular complexity index is 1190. The first-order chi connectivity index (χ1) is 13.3. The Morgan fingerprint density at radius 2 is 1.59 bits per heavy atom. The minimum atomic E-state index is -4.00. The minimum absolute atomic E-state index is 0.0151. The molecular formula is C19H21ClN2O5S2. The van der Waals surface area contributed by atoms with E-state index in [4.69, 9.17) is 11.6 Å². The smallest absolute Gasteiger partial charge is 0.262 e. The van der Waals surface area contributed by atoms with Crippen LogP contribution in [0.4, 0.5) is 11.4 Å². The van der Waals surface area contributed by atoms with Crippen molar-refractivity contribution in [3.8, 4) is 0 Å². The van der Waals surface area contributed by atoms with Crippen LogP contribution in [0.2, 0.25) is 5.02 Å². The monoisotopic (exact) mass is 456 g/mol. The van der Waals surface area contributed by atoms with Crippen molar-refractivity contribution in [2.75, 3.05) is 14.8 Å². The van der Waals surface area contributed by atoms with E-state index in [0.717, 1.165) is 9.87 Å². The lowest BCUT2D eigenvalue weighted by Crippen LogP contribution is -2.29. The minimum Gasteiger partial charge on any atom is -0.278 e. The zero-order valence-electron chi connectivity index (χ0n) is 16.4. The third kappa shape index (κ3) is 3.99. The van der Waals surface area contributed by atoms with Crippen molar-refractivity contribution in [1.82, 2.24) is 0 Å². The third-order valence-electron chi connectivity index (χ3n) is 4.70. The van der Waals surface area contributed by atoms with Crippen LogP contribution >= 0.6 is 11.6 Å². The van der Waals surface area contributed by atoms with Crippen molar-refractivity contribution in [1.29, 1.82) is 0 Å². The Morgan fingerprint density at radius 1 is 1.00 bits per heavy atom. The molecule has 3 rings (SSSR count). The predicted octanol–water partition coefficient (Wildman–Crippen LogP) is 3.44. The molecule has 0 aromatic heterocycles. The Labute approximate surface area is 175 Å². The second kappa shape index (κ2) is 7.30. The Kier molecular flexibility index (Phi) is 5.44. The molecule has 0 spiro atoms. The van der Waals surface area contributed by atoms with Crippen LogP contribution in [0.5, 0.6) is 0 Å². The maximum Gasteiger partial charge on any atom is 0.262 e. The molecule has 1 N–H and O–H groups in total.